The van der Waals surface area contributed by atoms with Gasteiger partial charge in [-0.25, -0.2) is 0 Å². The van der Waals surface area contributed by atoms with Crippen LogP contribution < -0.4 is 5.32 Å². The van der Waals surface area contributed by atoms with E-state index in [9.17, 15) is 4.79 Å². The van der Waals surface area contributed by atoms with Gasteiger partial charge in [0.2, 0.25) is 0 Å². The van der Waals surface area contributed by atoms with Crippen LogP contribution in [0.3, 0.4) is 0 Å². The van der Waals surface area contributed by atoms with Crippen molar-refractivity contribution in [3.8, 4) is 0 Å². The van der Waals surface area contributed by atoms with Crippen LogP contribution in [0.2, 0.25) is 0 Å². The second kappa shape index (κ2) is 7.42. The van der Waals surface area contributed by atoms with Crippen molar-refractivity contribution in [2.75, 3.05) is 20.3 Å². The number of halogens is 1. The van der Waals surface area contributed by atoms with Crippen LogP contribution in [-0.2, 0) is 4.74 Å². The van der Waals surface area contributed by atoms with Gasteiger partial charge < -0.3 is 15.2 Å². The van der Waals surface area contributed by atoms with Gasteiger partial charge in [-0.1, -0.05) is 15.9 Å². The van der Waals surface area contributed by atoms with E-state index in [0.717, 1.165) is 4.47 Å². The Morgan fingerprint density at radius 1 is 1.47 bits per heavy atom. The minimum atomic E-state index is -0.166. The van der Waals surface area contributed by atoms with E-state index in [0.29, 0.717) is 18.6 Å². The Morgan fingerprint density at radius 2 is 2.12 bits per heavy atom. The number of benzene rings is 1. The van der Waals surface area contributed by atoms with Gasteiger partial charge in [-0.15, -0.1) is 0 Å². The topological polar surface area (TPSA) is 58.6 Å². The van der Waals surface area contributed by atoms with Crippen molar-refractivity contribution < 1.29 is 14.6 Å². The van der Waals surface area contributed by atoms with Crippen molar-refractivity contribution in [1.29, 1.82) is 0 Å². The lowest BCUT2D eigenvalue weighted by atomic mass is 10.1. The molecule has 1 rings (SSSR count). The second-order valence-electron chi connectivity index (χ2n) is 3.64. The van der Waals surface area contributed by atoms with Crippen LogP contribution in [-0.4, -0.2) is 37.4 Å². The summed E-state index contributed by atoms with van der Waals surface area (Å²) >= 11 is 3.31. The molecule has 0 fully saturated rings. The van der Waals surface area contributed by atoms with Crippen molar-refractivity contribution in [3.05, 3.63) is 34.3 Å². The van der Waals surface area contributed by atoms with Gasteiger partial charge in [0.15, 0.2) is 0 Å². The molecule has 0 radical (unpaired) electrons. The molecule has 17 heavy (non-hydrogen) atoms. The highest BCUT2D eigenvalue weighted by Crippen LogP contribution is 2.10. The summed E-state index contributed by atoms with van der Waals surface area (Å²) in [7, 11) is 1.57. The molecular formula is C12H16BrNO3. The summed E-state index contributed by atoms with van der Waals surface area (Å²) in [6.45, 7) is 0.414. The molecule has 0 heterocycles. The molecule has 1 atom stereocenters. The number of methoxy groups -OCH3 is 1. The molecule has 0 aliphatic heterocycles. The fourth-order valence-corrected chi connectivity index (χ4v) is 1.69. The molecule has 0 aliphatic rings. The Balaban J connectivity index is 2.60. The first-order valence-corrected chi connectivity index (χ1v) is 6.13. The Morgan fingerprint density at radius 3 is 2.65 bits per heavy atom. The van der Waals surface area contributed by atoms with Gasteiger partial charge in [0.25, 0.3) is 5.91 Å². The van der Waals surface area contributed by atoms with E-state index in [1.165, 1.54) is 0 Å². The summed E-state index contributed by atoms with van der Waals surface area (Å²) in [5.41, 5.74) is 0.590. The number of rotatable bonds is 6. The van der Waals surface area contributed by atoms with Gasteiger partial charge in [-0.2, -0.15) is 0 Å². The molecular weight excluding hydrogens is 286 g/mol. The first-order valence-electron chi connectivity index (χ1n) is 5.33. The lowest BCUT2D eigenvalue weighted by molar-refractivity contribution is 0.0878. The van der Waals surface area contributed by atoms with Crippen molar-refractivity contribution >= 4 is 21.8 Å². The lowest BCUT2D eigenvalue weighted by Gasteiger charge is -2.16. The molecule has 0 saturated carbocycles. The predicted molar refractivity (Wildman–Crippen MR) is 69.0 cm³/mol. The van der Waals surface area contributed by atoms with Crippen molar-refractivity contribution in [1.82, 2.24) is 5.32 Å². The summed E-state index contributed by atoms with van der Waals surface area (Å²) in [6, 6.07) is 6.93. The smallest absolute Gasteiger partial charge is 0.251 e. The molecule has 2 N–H and O–H groups in total. The molecule has 1 aromatic rings. The second-order valence-corrected chi connectivity index (χ2v) is 4.56. The van der Waals surface area contributed by atoms with Crippen LogP contribution in [0, 0.1) is 0 Å². The normalized spacial score (nSPS) is 12.2. The first kappa shape index (κ1) is 14.2. The minimum absolute atomic E-state index is 0.0225. The van der Waals surface area contributed by atoms with Crippen molar-refractivity contribution in [3.63, 3.8) is 0 Å². The van der Waals surface area contributed by atoms with E-state index in [-0.39, 0.29) is 18.6 Å². The molecule has 0 saturated heterocycles. The molecule has 1 aromatic carbocycles. The van der Waals surface area contributed by atoms with Gasteiger partial charge in [0.05, 0.1) is 12.6 Å². The molecule has 4 nitrogen and oxygen atoms in total. The molecule has 0 aromatic heterocycles. The van der Waals surface area contributed by atoms with Crippen LogP contribution in [0.4, 0.5) is 0 Å². The van der Waals surface area contributed by atoms with Gasteiger partial charge in [-0.3, -0.25) is 4.79 Å². The van der Waals surface area contributed by atoms with Gasteiger partial charge >= 0.3 is 0 Å². The van der Waals surface area contributed by atoms with Crippen LogP contribution in [0.5, 0.6) is 0 Å². The van der Waals surface area contributed by atoms with Crippen LogP contribution in [0.25, 0.3) is 0 Å². The number of aliphatic hydroxyl groups is 1. The number of nitrogens with one attached hydrogen (secondary N) is 1. The zero-order valence-corrected chi connectivity index (χ0v) is 11.2. The van der Waals surface area contributed by atoms with Crippen molar-refractivity contribution in [2.45, 2.75) is 12.5 Å². The van der Waals surface area contributed by atoms with Crippen LogP contribution in [0.1, 0.15) is 16.8 Å². The summed E-state index contributed by atoms with van der Waals surface area (Å²) in [4.78, 5) is 11.9. The minimum Gasteiger partial charge on any atom is -0.396 e. The zero-order valence-electron chi connectivity index (χ0n) is 9.65. The third-order valence-corrected chi connectivity index (χ3v) is 2.82. The Bertz CT molecular complexity index is 347. The summed E-state index contributed by atoms with van der Waals surface area (Å²) in [5.74, 6) is -0.159. The fraction of sp³-hybridized carbons (Fsp3) is 0.417. The van der Waals surface area contributed by atoms with Gasteiger partial charge in [-0.05, 0) is 30.7 Å². The maximum Gasteiger partial charge on any atom is 0.251 e. The zero-order chi connectivity index (χ0) is 12.7. The number of carbonyl (C=O) groups is 1. The Kier molecular flexibility index (Phi) is 6.18. The number of aliphatic hydroxyl groups excluding tert-OH is 1. The van der Waals surface area contributed by atoms with Crippen LogP contribution in [0.15, 0.2) is 28.7 Å². The monoisotopic (exact) mass is 301 g/mol. The maximum absolute atomic E-state index is 11.9. The Hall–Kier alpha value is -0.910. The average molecular weight is 302 g/mol. The molecule has 0 aliphatic carbocycles. The lowest BCUT2D eigenvalue weighted by Crippen LogP contribution is -2.38. The summed E-state index contributed by atoms with van der Waals surface area (Å²) in [5, 5.41) is 11.7. The maximum atomic E-state index is 11.9. The molecule has 1 amide bonds. The predicted octanol–water partition coefficient (Wildman–Crippen LogP) is 1.58. The van der Waals surface area contributed by atoms with E-state index in [2.05, 4.69) is 21.2 Å². The highest BCUT2D eigenvalue weighted by atomic mass is 79.9. The highest BCUT2D eigenvalue weighted by molar-refractivity contribution is 9.10. The van der Waals surface area contributed by atoms with E-state index in [1.807, 2.05) is 12.1 Å². The first-order chi connectivity index (χ1) is 8.17. The largest absolute Gasteiger partial charge is 0.396 e. The number of ether oxygens (including phenoxy) is 1. The van der Waals surface area contributed by atoms with Crippen molar-refractivity contribution in [2.24, 2.45) is 0 Å². The third-order valence-electron chi connectivity index (χ3n) is 2.29. The standard InChI is InChI=1S/C12H16BrNO3/c1-17-8-11(6-7-15)14-12(16)9-2-4-10(13)5-3-9/h2-5,11,15H,6-8H2,1H3,(H,14,16). The highest BCUT2D eigenvalue weighted by Gasteiger charge is 2.12. The number of hydrogen-bond donors (Lipinski definition) is 2. The van der Waals surface area contributed by atoms with Crippen LogP contribution >= 0.6 is 15.9 Å². The fourth-order valence-electron chi connectivity index (χ4n) is 1.42. The Labute approximate surface area is 109 Å². The number of amides is 1. The quantitative estimate of drug-likeness (QED) is 0.839. The van der Waals surface area contributed by atoms with E-state index < -0.39 is 0 Å². The SMILES string of the molecule is COCC(CCO)NC(=O)c1ccc(Br)cc1. The van der Waals surface area contributed by atoms with Gasteiger partial charge in [0.1, 0.15) is 0 Å². The van der Waals surface area contributed by atoms with E-state index in [1.54, 1.807) is 19.2 Å². The number of carbonyl (C=O) groups excluding carboxylic acids is 1. The summed E-state index contributed by atoms with van der Waals surface area (Å²) in [6.07, 6.45) is 0.482. The van der Waals surface area contributed by atoms with E-state index in [4.69, 9.17) is 9.84 Å². The molecule has 0 spiro atoms. The molecule has 0 bridgehead atoms. The molecule has 5 heteroatoms. The third kappa shape index (κ3) is 4.85. The summed E-state index contributed by atoms with van der Waals surface area (Å²) < 4.78 is 5.91. The average Bonchev–Trinajstić information content (AvgIpc) is 2.30. The van der Waals surface area contributed by atoms with E-state index >= 15 is 0 Å². The molecule has 1 unspecified atom stereocenters. The molecule has 94 valence electrons. The van der Waals surface area contributed by atoms with Gasteiger partial charge in [0, 0.05) is 23.8 Å². The number of hydrogen-bond acceptors (Lipinski definition) is 3.